The lowest BCUT2D eigenvalue weighted by atomic mass is 10.1. The van der Waals surface area contributed by atoms with E-state index in [1.54, 1.807) is 17.0 Å². The van der Waals surface area contributed by atoms with Crippen LogP contribution >= 0.6 is 0 Å². The lowest BCUT2D eigenvalue weighted by Crippen LogP contribution is -2.48. The van der Waals surface area contributed by atoms with Crippen LogP contribution in [0.25, 0.3) is 0 Å². The molecule has 1 fully saturated rings. The van der Waals surface area contributed by atoms with Gasteiger partial charge in [0.1, 0.15) is 11.5 Å². The van der Waals surface area contributed by atoms with Gasteiger partial charge >= 0.3 is 0 Å². The monoisotopic (exact) mass is 265 g/mol. The van der Waals surface area contributed by atoms with Crippen LogP contribution in [0, 0.1) is 0 Å². The molecule has 1 aromatic carbocycles. The van der Waals surface area contributed by atoms with E-state index >= 15 is 0 Å². The van der Waals surface area contributed by atoms with Crippen LogP contribution in [0.1, 0.15) is 24.2 Å². The van der Waals surface area contributed by atoms with Crippen LogP contribution in [0.2, 0.25) is 0 Å². The molecule has 5 nitrogen and oxygen atoms in total. The molecule has 0 unspecified atom stereocenters. The minimum Gasteiger partial charge on any atom is -0.507 e. The molecular weight excluding hydrogens is 246 g/mol. The van der Waals surface area contributed by atoms with Gasteiger partial charge in [0.05, 0.1) is 24.9 Å². The second-order valence-electron chi connectivity index (χ2n) is 4.85. The molecule has 2 atom stereocenters. The molecule has 5 heteroatoms. The highest BCUT2D eigenvalue weighted by atomic mass is 16.5. The van der Waals surface area contributed by atoms with Gasteiger partial charge in [-0.3, -0.25) is 4.79 Å². The van der Waals surface area contributed by atoms with Crippen molar-refractivity contribution < 1.29 is 19.4 Å². The van der Waals surface area contributed by atoms with E-state index in [9.17, 15) is 9.90 Å². The fourth-order valence-corrected chi connectivity index (χ4v) is 2.33. The molecule has 2 rings (SSSR count). The van der Waals surface area contributed by atoms with E-state index in [1.165, 1.54) is 13.2 Å². The van der Waals surface area contributed by atoms with Crippen molar-refractivity contribution in [3.05, 3.63) is 23.8 Å². The maximum Gasteiger partial charge on any atom is 0.257 e. The second kappa shape index (κ2) is 5.48. The van der Waals surface area contributed by atoms with E-state index in [1.807, 2.05) is 13.8 Å². The average molecular weight is 265 g/mol. The number of benzene rings is 1. The highest BCUT2D eigenvalue weighted by molar-refractivity contribution is 5.97. The largest absolute Gasteiger partial charge is 0.507 e. The van der Waals surface area contributed by atoms with Crippen LogP contribution in [0.15, 0.2) is 18.2 Å². The molecule has 1 aliphatic rings. The first-order valence-corrected chi connectivity index (χ1v) is 6.33. The molecule has 1 aromatic rings. The van der Waals surface area contributed by atoms with Gasteiger partial charge < -0.3 is 19.5 Å². The van der Waals surface area contributed by atoms with Gasteiger partial charge in [-0.05, 0) is 26.0 Å². The van der Waals surface area contributed by atoms with Gasteiger partial charge in [-0.1, -0.05) is 0 Å². The van der Waals surface area contributed by atoms with Crippen molar-refractivity contribution in [1.29, 1.82) is 0 Å². The number of rotatable bonds is 2. The Kier molecular flexibility index (Phi) is 3.95. The van der Waals surface area contributed by atoms with E-state index in [-0.39, 0.29) is 23.9 Å². The zero-order valence-electron chi connectivity index (χ0n) is 11.4. The van der Waals surface area contributed by atoms with Gasteiger partial charge in [0, 0.05) is 19.2 Å². The highest BCUT2D eigenvalue weighted by Gasteiger charge is 2.27. The van der Waals surface area contributed by atoms with Crippen LogP contribution < -0.4 is 4.74 Å². The van der Waals surface area contributed by atoms with Crippen LogP contribution in [0.3, 0.4) is 0 Å². The first-order valence-electron chi connectivity index (χ1n) is 6.33. The van der Waals surface area contributed by atoms with Crippen LogP contribution in [-0.2, 0) is 4.74 Å². The van der Waals surface area contributed by atoms with Crippen LogP contribution in [0.5, 0.6) is 11.5 Å². The summed E-state index contributed by atoms with van der Waals surface area (Å²) in [6, 6.07) is 4.70. The minimum atomic E-state index is -0.179. The Morgan fingerprint density at radius 1 is 1.37 bits per heavy atom. The van der Waals surface area contributed by atoms with Crippen molar-refractivity contribution in [3.63, 3.8) is 0 Å². The molecule has 0 saturated carbocycles. The third-order valence-corrected chi connectivity index (χ3v) is 3.14. The second-order valence-corrected chi connectivity index (χ2v) is 4.85. The molecule has 104 valence electrons. The van der Waals surface area contributed by atoms with Gasteiger partial charge in [-0.15, -0.1) is 0 Å². The van der Waals surface area contributed by atoms with Gasteiger partial charge in [0.25, 0.3) is 5.91 Å². The van der Waals surface area contributed by atoms with Crippen LogP contribution in [0.4, 0.5) is 0 Å². The summed E-state index contributed by atoms with van der Waals surface area (Å²) >= 11 is 0. The molecule has 1 N–H and O–H groups in total. The summed E-state index contributed by atoms with van der Waals surface area (Å²) in [5.74, 6) is 0.288. The van der Waals surface area contributed by atoms with E-state index in [4.69, 9.17) is 9.47 Å². The number of carbonyl (C=O) groups is 1. The summed E-state index contributed by atoms with van der Waals surface area (Å²) in [6.07, 6.45) is 0.0150. The quantitative estimate of drug-likeness (QED) is 0.883. The van der Waals surface area contributed by atoms with Gasteiger partial charge in [0.2, 0.25) is 0 Å². The first-order chi connectivity index (χ1) is 9.01. The van der Waals surface area contributed by atoms with E-state index in [2.05, 4.69) is 0 Å². The molecule has 1 amide bonds. The van der Waals surface area contributed by atoms with Crippen molar-refractivity contribution in [2.75, 3.05) is 20.2 Å². The summed E-state index contributed by atoms with van der Waals surface area (Å²) < 4.78 is 10.6. The topological polar surface area (TPSA) is 59.0 Å². The Morgan fingerprint density at radius 3 is 2.53 bits per heavy atom. The number of carbonyl (C=O) groups excluding carboxylic acids is 1. The maximum absolute atomic E-state index is 12.4. The average Bonchev–Trinajstić information content (AvgIpc) is 2.36. The smallest absolute Gasteiger partial charge is 0.257 e. The number of methoxy groups -OCH3 is 1. The number of morpholine rings is 1. The van der Waals surface area contributed by atoms with Crippen molar-refractivity contribution in [2.24, 2.45) is 0 Å². The molecule has 19 heavy (non-hydrogen) atoms. The third kappa shape index (κ3) is 2.98. The Balaban J connectivity index is 2.19. The number of aromatic hydroxyl groups is 1. The lowest BCUT2D eigenvalue weighted by molar-refractivity contribution is -0.0586. The molecule has 0 radical (unpaired) electrons. The van der Waals surface area contributed by atoms with Gasteiger partial charge in [0.15, 0.2) is 0 Å². The Morgan fingerprint density at radius 2 is 2.00 bits per heavy atom. The van der Waals surface area contributed by atoms with E-state index in [0.717, 1.165) is 0 Å². The lowest BCUT2D eigenvalue weighted by Gasteiger charge is -2.35. The molecule has 0 aromatic heterocycles. The zero-order chi connectivity index (χ0) is 14.0. The van der Waals surface area contributed by atoms with Crippen molar-refractivity contribution in [1.82, 2.24) is 4.90 Å². The molecule has 0 bridgehead atoms. The Labute approximate surface area is 112 Å². The fraction of sp³-hybridized carbons (Fsp3) is 0.500. The summed E-state index contributed by atoms with van der Waals surface area (Å²) in [4.78, 5) is 14.1. The number of hydrogen-bond donors (Lipinski definition) is 1. The number of phenolic OH excluding ortho intramolecular Hbond substituents is 1. The Bertz CT molecular complexity index is 465. The molecular formula is C14H19NO4. The van der Waals surface area contributed by atoms with Crippen molar-refractivity contribution >= 4 is 5.91 Å². The number of amides is 1. The summed E-state index contributed by atoms with van der Waals surface area (Å²) in [5, 5.41) is 9.90. The summed E-state index contributed by atoms with van der Waals surface area (Å²) in [5.41, 5.74) is 0.294. The number of hydrogen-bond acceptors (Lipinski definition) is 4. The van der Waals surface area contributed by atoms with Crippen molar-refractivity contribution in [3.8, 4) is 11.5 Å². The maximum atomic E-state index is 12.4. The molecule has 1 heterocycles. The SMILES string of the molecule is COc1ccc(C(=O)N2C[C@H](C)O[C@@H](C)C2)c(O)c1. The predicted octanol–water partition coefficient (Wildman–Crippen LogP) is 1.65. The van der Waals surface area contributed by atoms with E-state index < -0.39 is 0 Å². The number of phenols is 1. The highest BCUT2D eigenvalue weighted by Crippen LogP contribution is 2.25. The molecule has 1 aliphatic heterocycles. The normalized spacial score (nSPS) is 23.2. The fourth-order valence-electron chi connectivity index (χ4n) is 2.33. The van der Waals surface area contributed by atoms with E-state index in [0.29, 0.717) is 24.4 Å². The summed E-state index contributed by atoms with van der Waals surface area (Å²) in [7, 11) is 1.52. The molecule has 0 aliphatic carbocycles. The third-order valence-electron chi connectivity index (χ3n) is 3.14. The first kappa shape index (κ1) is 13.7. The predicted molar refractivity (Wildman–Crippen MR) is 70.6 cm³/mol. The van der Waals surface area contributed by atoms with Crippen molar-refractivity contribution in [2.45, 2.75) is 26.1 Å². The summed E-state index contributed by atoms with van der Waals surface area (Å²) in [6.45, 7) is 4.94. The Hall–Kier alpha value is -1.75. The van der Waals surface area contributed by atoms with Crippen LogP contribution in [-0.4, -0.2) is 48.3 Å². The number of nitrogens with zero attached hydrogens (tertiary/aromatic N) is 1. The zero-order valence-corrected chi connectivity index (χ0v) is 11.4. The standard InChI is InChI=1S/C14H19NO4/c1-9-7-15(8-10(2)19-9)14(17)12-5-4-11(18-3)6-13(12)16/h4-6,9-10,16H,7-8H2,1-3H3/t9-,10-/m0/s1. The molecule has 1 saturated heterocycles. The number of ether oxygens (including phenoxy) is 2. The van der Waals surface area contributed by atoms with Gasteiger partial charge in [-0.25, -0.2) is 0 Å². The van der Waals surface area contributed by atoms with Gasteiger partial charge in [-0.2, -0.15) is 0 Å². The minimum absolute atomic E-state index is 0.00749. The molecule has 0 spiro atoms.